The summed E-state index contributed by atoms with van der Waals surface area (Å²) in [7, 11) is 0. The maximum Gasteiger partial charge on any atom is 0.255 e. The van der Waals surface area contributed by atoms with Crippen molar-refractivity contribution >= 4 is 23.0 Å². The molecule has 2 fully saturated rings. The molecule has 2 aromatic carbocycles. The summed E-state index contributed by atoms with van der Waals surface area (Å²) in [6, 6.07) is 17.6. The van der Waals surface area contributed by atoms with Gasteiger partial charge in [-0.2, -0.15) is 0 Å². The highest BCUT2D eigenvalue weighted by atomic mass is 16.1. The molecule has 29 heavy (non-hydrogen) atoms. The Balaban J connectivity index is 1.34. The van der Waals surface area contributed by atoms with Gasteiger partial charge in [0.1, 0.15) is 0 Å². The number of anilines is 3. The normalized spacial score (nSPS) is 26.5. The van der Waals surface area contributed by atoms with E-state index in [2.05, 4.69) is 36.3 Å². The van der Waals surface area contributed by atoms with Gasteiger partial charge in [-0.15, -0.1) is 0 Å². The lowest BCUT2D eigenvalue weighted by molar-refractivity contribution is -0.0724. The summed E-state index contributed by atoms with van der Waals surface area (Å²) >= 11 is 0. The topological polar surface area (TPSA) is 70.4 Å². The average molecular weight is 393 g/mol. The number of carbonyl (C=O) groups excluding carboxylic acids is 1. The second-order valence-corrected chi connectivity index (χ2v) is 8.93. The fraction of sp³-hybridized carbons (Fsp3) is 0.458. The van der Waals surface area contributed by atoms with Crippen molar-refractivity contribution in [2.75, 3.05) is 16.4 Å². The molecule has 2 saturated heterocycles. The van der Waals surface area contributed by atoms with Gasteiger partial charge in [0.15, 0.2) is 0 Å². The summed E-state index contributed by atoms with van der Waals surface area (Å²) in [4.78, 5) is 15.2. The monoisotopic (exact) mass is 392 g/mol. The molecule has 0 radical (unpaired) electrons. The molecule has 0 aliphatic carbocycles. The average Bonchev–Trinajstić information content (AvgIpc) is 2.65. The van der Waals surface area contributed by atoms with Gasteiger partial charge in [-0.3, -0.25) is 9.69 Å². The Bertz CT molecular complexity index is 855. The van der Waals surface area contributed by atoms with Crippen LogP contribution in [0.3, 0.4) is 0 Å². The molecular formula is C24H32N4O. The highest BCUT2D eigenvalue weighted by Gasteiger charge is 2.46. The van der Waals surface area contributed by atoms with Gasteiger partial charge in [-0.25, -0.2) is 0 Å². The SMILES string of the molecule is CC(C)C1CC2CC(Nc3ccc(C(=O)Nc4ccccc4N)cc3)CC(C)N21. The van der Waals surface area contributed by atoms with Gasteiger partial charge in [-0.05, 0) is 68.5 Å². The van der Waals surface area contributed by atoms with Gasteiger partial charge in [0, 0.05) is 35.4 Å². The second-order valence-electron chi connectivity index (χ2n) is 8.93. The summed E-state index contributed by atoms with van der Waals surface area (Å²) in [5.74, 6) is 0.591. The maximum absolute atomic E-state index is 12.5. The van der Waals surface area contributed by atoms with Crippen molar-refractivity contribution in [1.82, 2.24) is 4.90 Å². The first-order valence-electron chi connectivity index (χ1n) is 10.7. The zero-order chi connectivity index (χ0) is 20.5. The van der Waals surface area contributed by atoms with Crippen LogP contribution in [0.25, 0.3) is 0 Å². The fourth-order valence-electron chi connectivity index (χ4n) is 5.01. The Morgan fingerprint density at radius 3 is 2.45 bits per heavy atom. The first kappa shape index (κ1) is 19.8. The van der Waals surface area contributed by atoms with Gasteiger partial charge in [0.25, 0.3) is 5.91 Å². The van der Waals surface area contributed by atoms with Crippen molar-refractivity contribution in [3.8, 4) is 0 Å². The molecule has 5 heteroatoms. The second kappa shape index (κ2) is 8.07. The number of nitrogens with one attached hydrogen (secondary N) is 2. The van der Waals surface area contributed by atoms with E-state index < -0.39 is 0 Å². The lowest BCUT2D eigenvalue weighted by atomic mass is 9.76. The van der Waals surface area contributed by atoms with E-state index in [0.717, 1.165) is 24.1 Å². The van der Waals surface area contributed by atoms with Crippen LogP contribution in [-0.4, -0.2) is 35.0 Å². The van der Waals surface area contributed by atoms with E-state index in [-0.39, 0.29) is 5.91 Å². The molecule has 5 nitrogen and oxygen atoms in total. The highest BCUT2D eigenvalue weighted by Crippen LogP contribution is 2.41. The Labute approximate surface area is 173 Å². The van der Waals surface area contributed by atoms with Crippen LogP contribution in [0.5, 0.6) is 0 Å². The number of piperidine rings is 1. The molecular weight excluding hydrogens is 360 g/mol. The van der Waals surface area contributed by atoms with E-state index in [1.807, 2.05) is 36.4 Å². The summed E-state index contributed by atoms with van der Waals surface area (Å²) in [5.41, 5.74) is 8.81. The molecule has 4 unspecified atom stereocenters. The lowest BCUT2D eigenvalue weighted by Crippen LogP contribution is -2.65. The van der Waals surface area contributed by atoms with Crippen molar-refractivity contribution in [2.45, 2.75) is 64.2 Å². The third-order valence-electron chi connectivity index (χ3n) is 6.51. The van der Waals surface area contributed by atoms with E-state index in [9.17, 15) is 4.79 Å². The summed E-state index contributed by atoms with van der Waals surface area (Å²) in [6.07, 6.45) is 3.68. The molecule has 0 bridgehead atoms. The molecule has 2 heterocycles. The lowest BCUT2D eigenvalue weighted by Gasteiger charge is -2.58. The summed E-state index contributed by atoms with van der Waals surface area (Å²) < 4.78 is 0. The fourth-order valence-corrected chi connectivity index (χ4v) is 5.01. The van der Waals surface area contributed by atoms with Crippen LogP contribution in [0, 0.1) is 5.92 Å². The van der Waals surface area contributed by atoms with Crippen molar-refractivity contribution in [2.24, 2.45) is 5.92 Å². The largest absolute Gasteiger partial charge is 0.397 e. The smallest absolute Gasteiger partial charge is 0.255 e. The molecule has 154 valence electrons. The van der Waals surface area contributed by atoms with E-state index in [0.29, 0.717) is 35.1 Å². The van der Waals surface area contributed by atoms with Crippen LogP contribution in [-0.2, 0) is 0 Å². The molecule has 0 saturated carbocycles. The molecule has 0 spiro atoms. The minimum atomic E-state index is -0.148. The van der Waals surface area contributed by atoms with E-state index >= 15 is 0 Å². The van der Waals surface area contributed by atoms with Crippen LogP contribution in [0.4, 0.5) is 17.1 Å². The molecule has 2 aliphatic rings. The number of hydrogen-bond acceptors (Lipinski definition) is 4. The predicted molar refractivity (Wildman–Crippen MR) is 120 cm³/mol. The maximum atomic E-state index is 12.5. The zero-order valence-electron chi connectivity index (χ0n) is 17.6. The standard InChI is InChI=1S/C24H32N4O/c1-15(2)23-14-20-13-19(12-16(3)28(20)23)26-18-10-8-17(9-11-18)24(29)27-22-7-5-4-6-21(22)25/h4-11,15-16,19-20,23,26H,12-14,25H2,1-3H3,(H,27,29). The van der Waals surface area contributed by atoms with Gasteiger partial charge in [0.2, 0.25) is 0 Å². The number of amides is 1. The number of hydrogen-bond donors (Lipinski definition) is 3. The van der Waals surface area contributed by atoms with Gasteiger partial charge in [0.05, 0.1) is 11.4 Å². The van der Waals surface area contributed by atoms with E-state index in [1.165, 1.54) is 12.8 Å². The minimum Gasteiger partial charge on any atom is -0.397 e. The van der Waals surface area contributed by atoms with Crippen LogP contribution in [0.15, 0.2) is 48.5 Å². The predicted octanol–water partition coefficient (Wildman–Crippen LogP) is 4.58. The Kier molecular flexibility index (Phi) is 5.50. The number of rotatable bonds is 5. The number of nitrogens with zero attached hydrogens (tertiary/aromatic N) is 1. The van der Waals surface area contributed by atoms with Gasteiger partial charge >= 0.3 is 0 Å². The van der Waals surface area contributed by atoms with Gasteiger partial charge in [-0.1, -0.05) is 26.0 Å². The Morgan fingerprint density at radius 1 is 1.07 bits per heavy atom. The number of nitrogen functional groups attached to an aromatic ring is 1. The third kappa shape index (κ3) is 4.10. The first-order valence-corrected chi connectivity index (χ1v) is 10.7. The van der Waals surface area contributed by atoms with Crippen molar-refractivity contribution in [3.63, 3.8) is 0 Å². The quantitative estimate of drug-likeness (QED) is 0.651. The number of benzene rings is 2. The molecule has 4 atom stereocenters. The summed E-state index contributed by atoms with van der Waals surface area (Å²) in [6.45, 7) is 7.03. The van der Waals surface area contributed by atoms with Crippen molar-refractivity contribution in [3.05, 3.63) is 54.1 Å². The number of para-hydroxylation sites is 2. The van der Waals surface area contributed by atoms with Crippen LogP contribution in [0.2, 0.25) is 0 Å². The van der Waals surface area contributed by atoms with Crippen molar-refractivity contribution < 1.29 is 4.79 Å². The highest BCUT2D eigenvalue weighted by molar-refractivity contribution is 6.05. The number of nitrogens with two attached hydrogens (primary N) is 1. The summed E-state index contributed by atoms with van der Waals surface area (Å²) in [5, 5.41) is 6.56. The molecule has 0 aromatic heterocycles. The third-order valence-corrected chi connectivity index (χ3v) is 6.51. The molecule has 2 aromatic rings. The Hall–Kier alpha value is -2.53. The Morgan fingerprint density at radius 2 is 1.79 bits per heavy atom. The van der Waals surface area contributed by atoms with Gasteiger partial charge < -0.3 is 16.4 Å². The van der Waals surface area contributed by atoms with Crippen LogP contribution in [0.1, 0.15) is 50.4 Å². The molecule has 4 rings (SSSR count). The molecule has 4 N–H and O–H groups in total. The number of carbonyl (C=O) groups is 1. The zero-order valence-corrected chi connectivity index (χ0v) is 17.6. The minimum absolute atomic E-state index is 0.148. The molecule has 1 amide bonds. The van der Waals surface area contributed by atoms with E-state index in [1.54, 1.807) is 12.1 Å². The van der Waals surface area contributed by atoms with E-state index in [4.69, 9.17) is 5.73 Å². The first-order chi connectivity index (χ1) is 13.9. The molecule has 2 aliphatic heterocycles. The van der Waals surface area contributed by atoms with Crippen molar-refractivity contribution in [1.29, 1.82) is 0 Å². The van der Waals surface area contributed by atoms with Crippen LogP contribution >= 0.6 is 0 Å². The van der Waals surface area contributed by atoms with Crippen LogP contribution < -0.4 is 16.4 Å². The number of fused-ring (bicyclic) bond motifs is 1.